The van der Waals surface area contributed by atoms with Crippen LogP contribution in [0.2, 0.25) is 0 Å². The predicted molar refractivity (Wildman–Crippen MR) is 67.5 cm³/mol. The molecule has 0 bridgehead atoms. The molecule has 1 atom stereocenters. The standard InChI is InChI=1S/C12H22N2S/c1-6-13-10(12(3,4)5)7-11-14-9(2)8-15-11/h8,10,13H,6-7H2,1-5H3. The fraction of sp³-hybridized carbons (Fsp3) is 0.750. The predicted octanol–water partition coefficient (Wildman–Crippen LogP) is 3.02. The summed E-state index contributed by atoms with van der Waals surface area (Å²) in [5.41, 5.74) is 1.43. The number of aromatic nitrogens is 1. The first kappa shape index (κ1) is 12.7. The van der Waals surface area contributed by atoms with Crippen molar-refractivity contribution in [3.8, 4) is 0 Å². The zero-order valence-corrected chi connectivity index (χ0v) is 11.2. The van der Waals surface area contributed by atoms with E-state index in [0.717, 1.165) is 18.7 Å². The summed E-state index contributed by atoms with van der Waals surface area (Å²) in [4.78, 5) is 4.52. The topological polar surface area (TPSA) is 24.9 Å². The first-order chi connectivity index (χ1) is 6.93. The Kier molecular flexibility index (Phi) is 4.29. The Balaban J connectivity index is 2.66. The van der Waals surface area contributed by atoms with E-state index in [2.05, 4.69) is 50.3 Å². The highest BCUT2D eigenvalue weighted by atomic mass is 32.1. The second-order valence-electron chi connectivity index (χ2n) is 5.06. The van der Waals surface area contributed by atoms with Crippen molar-refractivity contribution >= 4 is 11.3 Å². The fourth-order valence-electron chi connectivity index (χ4n) is 1.60. The van der Waals surface area contributed by atoms with E-state index in [4.69, 9.17) is 0 Å². The van der Waals surface area contributed by atoms with Crippen LogP contribution in [0.1, 0.15) is 38.4 Å². The van der Waals surface area contributed by atoms with Gasteiger partial charge in [0.2, 0.25) is 0 Å². The zero-order valence-electron chi connectivity index (χ0n) is 10.4. The lowest BCUT2D eigenvalue weighted by Gasteiger charge is -2.30. The minimum Gasteiger partial charge on any atom is -0.313 e. The Morgan fingerprint density at radius 3 is 2.53 bits per heavy atom. The van der Waals surface area contributed by atoms with Crippen molar-refractivity contribution in [2.75, 3.05) is 6.54 Å². The van der Waals surface area contributed by atoms with E-state index in [0.29, 0.717) is 6.04 Å². The summed E-state index contributed by atoms with van der Waals surface area (Å²) >= 11 is 1.77. The Labute approximate surface area is 97.1 Å². The molecule has 1 rings (SSSR count). The van der Waals surface area contributed by atoms with Gasteiger partial charge in [0.15, 0.2) is 0 Å². The molecule has 0 aliphatic carbocycles. The molecule has 2 nitrogen and oxygen atoms in total. The Morgan fingerprint density at radius 1 is 1.47 bits per heavy atom. The lowest BCUT2D eigenvalue weighted by Crippen LogP contribution is -2.41. The van der Waals surface area contributed by atoms with Crippen LogP contribution in [0.3, 0.4) is 0 Å². The maximum atomic E-state index is 4.52. The molecule has 0 saturated carbocycles. The molecule has 1 heterocycles. The van der Waals surface area contributed by atoms with Crippen LogP contribution >= 0.6 is 11.3 Å². The second-order valence-corrected chi connectivity index (χ2v) is 6.01. The summed E-state index contributed by atoms with van der Waals surface area (Å²) in [6.07, 6.45) is 1.04. The van der Waals surface area contributed by atoms with Gasteiger partial charge >= 0.3 is 0 Å². The van der Waals surface area contributed by atoms with Gasteiger partial charge in [0.25, 0.3) is 0 Å². The average Bonchev–Trinajstić information content (AvgIpc) is 2.49. The second kappa shape index (κ2) is 5.08. The molecule has 0 aromatic carbocycles. The lowest BCUT2D eigenvalue weighted by molar-refractivity contribution is 0.270. The van der Waals surface area contributed by atoms with Gasteiger partial charge in [0.1, 0.15) is 0 Å². The van der Waals surface area contributed by atoms with Crippen LogP contribution in [-0.4, -0.2) is 17.6 Å². The van der Waals surface area contributed by atoms with Gasteiger partial charge < -0.3 is 5.32 Å². The molecule has 15 heavy (non-hydrogen) atoms. The number of likely N-dealkylation sites (N-methyl/N-ethyl adjacent to an activating group) is 1. The third kappa shape index (κ3) is 3.92. The summed E-state index contributed by atoms with van der Waals surface area (Å²) < 4.78 is 0. The van der Waals surface area contributed by atoms with E-state index in [-0.39, 0.29) is 5.41 Å². The molecule has 1 aromatic heterocycles. The maximum Gasteiger partial charge on any atom is 0.0943 e. The lowest BCUT2D eigenvalue weighted by atomic mass is 9.85. The van der Waals surface area contributed by atoms with Gasteiger partial charge in [-0.05, 0) is 18.9 Å². The van der Waals surface area contributed by atoms with Gasteiger partial charge in [-0.3, -0.25) is 0 Å². The van der Waals surface area contributed by atoms with Crippen LogP contribution in [0.4, 0.5) is 0 Å². The van der Waals surface area contributed by atoms with Crippen molar-refractivity contribution in [3.63, 3.8) is 0 Å². The quantitative estimate of drug-likeness (QED) is 0.853. The van der Waals surface area contributed by atoms with Gasteiger partial charge in [-0.15, -0.1) is 11.3 Å². The van der Waals surface area contributed by atoms with E-state index in [9.17, 15) is 0 Å². The molecule has 0 fully saturated rings. The van der Waals surface area contributed by atoms with Gasteiger partial charge in [-0.25, -0.2) is 4.98 Å². The smallest absolute Gasteiger partial charge is 0.0943 e. The Bertz CT molecular complexity index is 299. The number of nitrogens with zero attached hydrogens (tertiary/aromatic N) is 1. The van der Waals surface area contributed by atoms with Crippen molar-refractivity contribution in [3.05, 3.63) is 16.1 Å². The molecule has 1 N–H and O–H groups in total. The summed E-state index contributed by atoms with van der Waals surface area (Å²) in [7, 11) is 0. The Hall–Kier alpha value is -0.410. The molecule has 0 aliphatic rings. The molecular formula is C12H22N2S. The number of hydrogen-bond acceptors (Lipinski definition) is 3. The molecule has 0 saturated heterocycles. The monoisotopic (exact) mass is 226 g/mol. The number of thiazole rings is 1. The van der Waals surface area contributed by atoms with Crippen LogP contribution in [0.25, 0.3) is 0 Å². The Morgan fingerprint density at radius 2 is 2.13 bits per heavy atom. The normalized spacial score (nSPS) is 14.2. The van der Waals surface area contributed by atoms with Crippen molar-refractivity contribution in [2.24, 2.45) is 5.41 Å². The molecule has 1 unspecified atom stereocenters. The van der Waals surface area contributed by atoms with Crippen molar-refractivity contribution in [1.29, 1.82) is 0 Å². The number of hydrogen-bond donors (Lipinski definition) is 1. The van der Waals surface area contributed by atoms with Gasteiger partial charge in [-0.1, -0.05) is 27.7 Å². The molecule has 86 valence electrons. The van der Waals surface area contributed by atoms with E-state index >= 15 is 0 Å². The van der Waals surface area contributed by atoms with Crippen LogP contribution in [0.5, 0.6) is 0 Å². The third-order valence-corrected chi connectivity index (χ3v) is 3.53. The number of rotatable bonds is 4. The minimum atomic E-state index is 0.287. The highest BCUT2D eigenvalue weighted by Gasteiger charge is 2.24. The largest absolute Gasteiger partial charge is 0.313 e. The van der Waals surface area contributed by atoms with Crippen molar-refractivity contribution < 1.29 is 0 Å². The van der Waals surface area contributed by atoms with Crippen LogP contribution in [-0.2, 0) is 6.42 Å². The molecular weight excluding hydrogens is 204 g/mol. The SMILES string of the molecule is CCNC(Cc1nc(C)cs1)C(C)(C)C. The first-order valence-corrected chi connectivity index (χ1v) is 6.46. The summed E-state index contributed by atoms with van der Waals surface area (Å²) in [5.74, 6) is 0. The van der Waals surface area contributed by atoms with Crippen LogP contribution < -0.4 is 5.32 Å². The minimum absolute atomic E-state index is 0.287. The van der Waals surface area contributed by atoms with Gasteiger partial charge in [0, 0.05) is 23.5 Å². The van der Waals surface area contributed by atoms with Crippen LogP contribution in [0.15, 0.2) is 5.38 Å². The number of nitrogens with one attached hydrogen (secondary N) is 1. The van der Waals surface area contributed by atoms with Gasteiger partial charge in [-0.2, -0.15) is 0 Å². The molecule has 1 aromatic rings. The van der Waals surface area contributed by atoms with Crippen molar-refractivity contribution in [1.82, 2.24) is 10.3 Å². The average molecular weight is 226 g/mol. The summed E-state index contributed by atoms with van der Waals surface area (Å²) in [5, 5.41) is 6.92. The maximum absolute atomic E-state index is 4.52. The van der Waals surface area contributed by atoms with E-state index < -0.39 is 0 Å². The summed E-state index contributed by atoms with van der Waals surface area (Å²) in [6.45, 7) is 12.1. The summed E-state index contributed by atoms with van der Waals surface area (Å²) in [6, 6.07) is 0.507. The van der Waals surface area contributed by atoms with E-state index in [1.807, 2.05) is 0 Å². The number of aryl methyl sites for hydroxylation is 1. The molecule has 0 aliphatic heterocycles. The molecule has 3 heteroatoms. The third-order valence-electron chi connectivity index (χ3n) is 2.54. The first-order valence-electron chi connectivity index (χ1n) is 5.58. The fourth-order valence-corrected chi connectivity index (χ4v) is 2.42. The highest BCUT2D eigenvalue weighted by molar-refractivity contribution is 7.09. The van der Waals surface area contributed by atoms with Crippen molar-refractivity contribution in [2.45, 2.75) is 47.1 Å². The van der Waals surface area contributed by atoms with E-state index in [1.54, 1.807) is 11.3 Å². The molecule has 0 spiro atoms. The molecule has 0 amide bonds. The van der Waals surface area contributed by atoms with Gasteiger partial charge in [0.05, 0.1) is 5.01 Å². The molecule has 0 radical (unpaired) electrons. The van der Waals surface area contributed by atoms with Crippen LogP contribution in [0, 0.1) is 12.3 Å². The van der Waals surface area contributed by atoms with E-state index in [1.165, 1.54) is 5.01 Å². The zero-order chi connectivity index (χ0) is 11.5. The highest BCUT2D eigenvalue weighted by Crippen LogP contribution is 2.23.